The third-order valence-electron chi connectivity index (χ3n) is 3.27. The number of nitrogens with zero attached hydrogens (tertiary/aromatic N) is 3. The minimum Gasteiger partial charge on any atom is -0.383 e. The average molecular weight is 252 g/mol. The average Bonchev–Trinajstić information content (AvgIpc) is 2.94. The van der Waals surface area contributed by atoms with Crippen molar-refractivity contribution < 1.29 is 9.53 Å². The Morgan fingerprint density at radius 3 is 3.11 bits per heavy atom. The Balaban J connectivity index is 1.97. The molecule has 2 heterocycles. The van der Waals surface area contributed by atoms with Crippen LogP contribution in [0.2, 0.25) is 0 Å². The maximum Gasteiger partial charge on any atom is 0.245 e. The van der Waals surface area contributed by atoms with Crippen LogP contribution in [0, 0.1) is 0 Å². The van der Waals surface area contributed by atoms with Gasteiger partial charge in [-0.15, -0.1) is 0 Å². The summed E-state index contributed by atoms with van der Waals surface area (Å²) >= 11 is 0. The number of likely N-dealkylation sites (tertiary alicyclic amines) is 1. The molecule has 6 heteroatoms. The van der Waals surface area contributed by atoms with E-state index in [0.717, 1.165) is 25.2 Å². The van der Waals surface area contributed by atoms with E-state index in [-0.39, 0.29) is 11.9 Å². The van der Waals surface area contributed by atoms with Gasteiger partial charge in [0.15, 0.2) is 0 Å². The topological polar surface area (TPSA) is 59.4 Å². The SMILES string of the molecule is COCCNCc1cncn1C1CCN(C)C1=O. The second-order valence-electron chi connectivity index (χ2n) is 4.53. The van der Waals surface area contributed by atoms with E-state index in [2.05, 4.69) is 10.3 Å². The van der Waals surface area contributed by atoms with E-state index in [1.807, 2.05) is 17.8 Å². The number of ether oxygens (including phenoxy) is 1. The number of nitrogens with one attached hydrogen (secondary N) is 1. The summed E-state index contributed by atoms with van der Waals surface area (Å²) in [6.45, 7) is 2.99. The zero-order valence-corrected chi connectivity index (χ0v) is 10.9. The van der Waals surface area contributed by atoms with Crippen LogP contribution in [0.25, 0.3) is 0 Å². The van der Waals surface area contributed by atoms with Crippen LogP contribution in [0.5, 0.6) is 0 Å². The molecule has 2 rings (SSSR count). The first kappa shape index (κ1) is 13.0. The van der Waals surface area contributed by atoms with Gasteiger partial charge in [-0.3, -0.25) is 4.79 Å². The van der Waals surface area contributed by atoms with Crippen molar-refractivity contribution in [1.29, 1.82) is 0 Å². The smallest absolute Gasteiger partial charge is 0.245 e. The van der Waals surface area contributed by atoms with E-state index in [4.69, 9.17) is 4.74 Å². The minimum atomic E-state index is -0.0864. The lowest BCUT2D eigenvalue weighted by molar-refractivity contribution is -0.129. The van der Waals surface area contributed by atoms with Crippen LogP contribution in [-0.2, 0) is 16.1 Å². The van der Waals surface area contributed by atoms with E-state index in [0.29, 0.717) is 13.2 Å². The lowest BCUT2D eigenvalue weighted by Gasteiger charge is -2.15. The van der Waals surface area contributed by atoms with Gasteiger partial charge in [-0.05, 0) is 6.42 Å². The van der Waals surface area contributed by atoms with Crippen LogP contribution in [0.15, 0.2) is 12.5 Å². The van der Waals surface area contributed by atoms with Gasteiger partial charge in [0, 0.05) is 40.0 Å². The molecule has 0 spiro atoms. The normalized spacial score (nSPS) is 19.8. The fraction of sp³-hybridized carbons (Fsp3) is 0.667. The summed E-state index contributed by atoms with van der Waals surface area (Å²) in [5.41, 5.74) is 1.04. The lowest BCUT2D eigenvalue weighted by Crippen LogP contribution is -2.26. The van der Waals surface area contributed by atoms with Gasteiger partial charge in [0.25, 0.3) is 0 Å². The zero-order valence-electron chi connectivity index (χ0n) is 10.9. The summed E-state index contributed by atoms with van der Waals surface area (Å²) in [4.78, 5) is 17.9. The Labute approximate surface area is 107 Å². The highest BCUT2D eigenvalue weighted by Gasteiger charge is 2.31. The molecular formula is C12H20N4O2. The summed E-state index contributed by atoms with van der Waals surface area (Å²) < 4.78 is 6.95. The van der Waals surface area contributed by atoms with Crippen LogP contribution in [-0.4, -0.2) is 54.2 Å². The molecule has 1 N–H and O–H groups in total. The Hall–Kier alpha value is -1.40. The summed E-state index contributed by atoms with van der Waals surface area (Å²) in [7, 11) is 3.52. The molecule has 1 atom stereocenters. The van der Waals surface area contributed by atoms with E-state index in [1.54, 1.807) is 18.3 Å². The van der Waals surface area contributed by atoms with Crippen molar-refractivity contribution in [2.75, 3.05) is 33.9 Å². The van der Waals surface area contributed by atoms with Crippen LogP contribution in [0.3, 0.4) is 0 Å². The maximum atomic E-state index is 12.0. The quantitative estimate of drug-likeness (QED) is 0.725. The molecule has 1 aromatic rings. The molecule has 0 bridgehead atoms. The minimum absolute atomic E-state index is 0.0864. The highest BCUT2D eigenvalue weighted by Crippen LogP contribution is 2.23. The van der Waals surface area contributed by atoms with Crippen molar-refractivity contribution in [3.63, 3.8) is 0 Å². The predicted molar refractivity (Wildman–Crippen MR) is 67.1 cm³/mol. The van der Waals surface area contributed by atoms with Crippen LogP contribution in [0.1, 0.15) is 18.2 Å². The standard InChI is InChI=1S/C12H20N4O2/c1-15-5-3-11(12(15)17)16-9-14-8-10(16)7-13-4-6-18-2/h8-9,11,13H,3-7H2,1-2H3. The van der Waals surface area contributed by atoms with E-state index < -0.39 is 0 Å². The third kappa shape index (κ3) is 2.70. The van der Waals surface area contributed by atoms with Gasteiger partial charge < -0.3 is 19.5 Å². The van der Waals surface area contributed by atoms with Crippen molar-refractivity contribution >= 4 is 5.91 Å². The van der Waals surface area contributed by atoms with Crippen molar-refractivity contribution in [2.24, 2.45) is 0 Å². The van der Waals surface area contributed by atoms with Crippen molar-refractivity contribution in [2.45, 2.75) is 19.0 Å². The molecule has 0 radical (unpaired) electrons. The lowest BCUT2D eigenvalue weighted by atomic mass is 10.2. The molecule has 1 saturated heterocycles. The fourth-order valence-electron chi connectivity index (χ4n) is 2.20. The van der Waals surface area contributed by atoms with E-state index >= 15 is 0 Å². The van der Waals surface area contributed by atoms with Gasteiger partial charge >= 0.3 is 0 Å². The second-order valence-corrected chi connectivity index (χ2v) is 4.53. The number of methoxy groups -OCH3 is 1. The van der Waals surface area contributed by atoms with Crippen molar-refractivity contribution in [3.05, 3.63) is 18.2 Å². The Bertz CT molecular complexity index is 405. The number of carbonyl (C=O) groups excluding carboxylic acids is 1. The molecule has 0 saturated carbocycles. The van der Waals surface area contributed by atoms with Crippen molar-refractivity contribution in [1.82, 2.24) is 19.8 Å². The van der Waals surface area contributed by atoms with Gasteiger partial charge in [0.2, 0.25) is 5.91 Å². The highest BCUT2D eigenvalue weighted by molar-refractivity contribution is 5.82. The Morgan fingerprint density at radius 1 is 1.61 bits per heavy atom. The second kappa shape index (κ2) is 5.97. The molecular weight excluding hydrogens is 232 g/mol. The highest BCUT2D eigenvalue weighted by atomic mass is 16.5. The zero-order chi connectivity index (χ0) is 13.0. The number of carbonyl (C=O) groups is 1. The number of amides is 1. The van der Waals surface area contributed by atoms with Crippen molar-refractivity contribution in [3.8, 4) is 0 Å². The third-order valence-corrected chi connectivity index (χ3v) is 3.27. The van der Waals surface area contributed by atoms with Crippen LogP contribution >= 0.6 is 0 Å². The molecule has 1 aliphatic heterocycles. The van der Waals surface area contributed by atoms with Gasteiger partial charge in [0.05, 0.1) is 18.6 Å². The summed E-state index contributed by atoms with van der Waals surface area (Å²) in [5.74, 6) is 0.172. The van der Waals surface area contributed by atoms with E-state index in [1.165, 1.54) is 0 Å². The number of aromatic nitrogens is 2. The monoisotopic (exact) mass is 252 g/mol. The van der Waals surface area contributed by atoms with Gasteiger partial charge in [-0.25, -0.2) is 4.98 Å². The fourth-order valence-corrected chi connectivity index (χ4v) is 2.20. The molecule has 1 amide bonds. The Kier molecular flexibility index (Phi) is 4.33. The number of rotatable bonds is 6. The molecule has 1 fully saturated rings. The molecule has 100 valence electrons. The van der Waals surface area contributed by atoms with Gasteiger partial charge in [-0.2, -0.15) is 0 Å². The number of imidazole rings is 1. The molecule has 1 unspecified atom stereocenters. The molecule has 0 aromatic carbocycles. The number of likely N-dealkylation sites (N-methyl/N-ethyl adjacent to an activating group) is 1. The first-order valence-corrected chi connectivity index (χ1v) is 6.19. The van der Waals surface area contributed by atoms with E-state index in [9.17, 15) is 4.79 Å². The molecule has 0 aliphatic carbocycles. The first-order chi connectivity index (χ1) is 8.74. The number of hydrogen-bond acceptors (Lipinski definition) is 4. The maximum absolute atomic E-state index is 12.0. The Morgan fingerprint density at radius 2 is 2.44 bits per heavy atom. The van der Waals surface area contributed by atoms with Crippen LogP contribution in [0.4, 0.5) is 0 Å². The predicted octanol–water partition coefficient (Wildman–Crippen LogP) is 0.0223. The van der Waals surface area contributed by atoms with Gasteiger partial charge in [-0.1, -0.05) is 0 Å². The summed E-state index contributed by atoms with van der Waals surface area (Å²) in [6.07, 6.45) is 4.41. The van der Waals surface area contributed by atoms with Gasteiger partial charge in [0.1, 0.15) is 6.04 Å². The largest absolute Gasteiger partial charge is 0.383 e. The van der Waals surface area contributed by atoms with Crippen LogP contribution < -0.4 is 5.32 Å². The molecule has 6 nitrogen and oxygen atoms in total. The summed E-state index contributed by atoms with van der Waals surface area (Å²) in [6, 6.07) is -0.0864. The number of hydrogen-bond donors (Lipinski definition) is 1. The molecule has 1 aliphatic rings. The molecule has 18 heavy (non-hydrogen) atoms. The first-order valence-electron chi connectivity index (χ1n) is 6.19. The molecule has 1 aromatic heterocycles. The summed E-state index contributed by atoms with van der Waals surface area (Å²) in [5, 5.41) is 3.27.